The van der Waals surface area contributed by atoms with E-state index in [0.29, 0.717) is 12.5 Å². The third kappa shape index (κ3) is 3.22. The van der Waals surface area contributed by atoms with Crippen molar-refractivity contribution in [2.45, 2.75) is 18.9 Å². The third-order valence-electron chi connectivity index (χ3n) is 5.22. The molecule has 1 aromatic carbocycles. The van der Waals surface area contributed by atoms with Crippen LogP contribution in [0, 0.1) is 0 Å². The van der Waals surface area contributed by atoms with Gasteiger partial charge in [0.25, 0.3) is 0 Å². The molecule has 0 bridgehead atoms. The number of urea groups is 1. The monoisotopic (exact) mass is 378 g/mol. The summed E-state index contributed by atoms with van der Waals surface area (Å²) in [6, 6.07) is 7.04. The standard InChI is InChI=1S/C20H22N6O2/c1-22-10-16(9-21)13-4-5-14-11-23-18(8-15(14)7-13)24-20(28)26-12-25-6-2-3-17(25)19(26)27/h4-5,7-11,17H,2-3,6,12,21H2,1H3,(H,23,24,28). The fraction of sp³-hybridized carbons (Fsp3) is 0.300. The molecule has 1 aromatic heterocycles. The summed E-state index contributed by atoms with van der Waals surface area (Å²) in [5.41, 5.74) is 7.41. The van der Waals surface area contributed by atoms with Gasteiger partial charge >= 0.3 is 6.03 Å². The molecule has 2 aliphatic rings. The minimum absolute atomic E-state index is 0.130. The number of rotatable bonds is 3. The molecule has 3 heterocycles. The summed E-state index contributed by atoms with van der Waals surface area (Å²) in [5.74, 6) is 0.270. The van der Waals surface area contributed by atoms with E-state index in [1.165, 1.54) is 11.1 Å². The van der Waals surface area contributed by atoms with E-state index in [1.807, 2.05) is 23.1 Å². The number of nitrogens with one attached hydrogen (secondary N) is 1. The van der Waals surface area contributed by atoms with Crippen LogP contribution in [0.3, 0.4) is 0 Å². The van der Waals surface area contributed by atoms with Gasteiger partial charge in [-0.1, -0.05) is 12.1 Å². The number of hydrogen-bond donors (Lipinski definition) is 2. The number of carbonyl (C=O) groups excluding carboxylic acids is 2. The van der Waals surface area contributed by atoms with E-state index in [-0.39, 0.29) is 11.9 Å². The molecular weight excluding hydrogens is 356 g/mol. The number of amides is 3. The summed E-state index contributed by atoms with van der Waals surface area (Å²) in [5, 5.41) is 4.58. The highest BCUT2D eigenvalue weighted by Crippen LogP contribution is 2.26. The van der Waals surface area contributed by atoms with Gasteiger partial charge in [0.1, 0.15) is 5.82 Å². The van der Waals surface area contributed by atoms with Crippen molar-refractivity contribution in [2.24, 2.45) is 10.7 Å². The molecule has 8 nitrogen and oxygen atoms in total. The van der Waals surface area contributed by atoms with Crippen LogP contribution in [-0.2, 0) is 4.79 Å². The molecule has 2 aromatic rings. The number of nitrogens with two attached hydrogens (primary N) is 1. The molecule has 0 spiro atoms. The number of fused-ring (bicyclic) bond motifs is 2. The highest BCUT2D eigenvalue weighted by atomic mass is 16.2. The number of pyridine rings is 1. The summed E-state index contributed by atoms with van der Waals surface area (Å²) < 4.78 is 0. The Balaban J connectivity index is 1.55. The Morgan fingerprint density at radius 1 is 1.36 bits per heavy atom. The van der Waals surface area contributed by atoms with E-state index >= 15 is 0 Å². The van der Waals surface area contributed by atoms with Crippen molar-refractivity contribution in [1.29, 1.82) is 0 Å². The summed E-state index contributed by atoms with van der Waals surface area (Å²) in [7, 11) is 1.69. The van der Waals surface area contributed by atoms with Crippen LogP contribution in [0.4, 0.5) is 10.6 Å². The largest absolute Gasteiger partial charge is 0.404 e. The first-order chi connectivity index (χ1) is 13.6. The first-order valence-electron chi connectivity index (χ1n) is 9.21. The molecule has 28 heavy (non-hydrogen) atoms. The second-order valence-electron chi connectivity index (χ2n) is 6.95. The van der Waals surface area contributed by atoms with Crippen LogP contribution in [-0.4, -0.2) is 59.2 Å². The summed E-state index contributed by atoms with van der Waals surface area (Å²) in [4.78, 5) is 36.6. The second-order valence-corrected chi connectivity index (χ2v) is 6.95. The Hall–Kier alpha value is -3.26. The van der Waals surface area contributed by atoms with Crippen molar-refractivity contribution in [3.05, 3.63) is 42.2 Å². The van der Waals surface area contributed by atoms with Crippen molar-refractivity contribution >= 4 is 40.3 Å². The Bertz CT molecular complexity index is 999. The van der Waals surface area contributed by atoms with Gasteiger partial charge in [-0.05, 0) is 35.9 Å². The van der Waals surface area contributed by atoms with Gasteiger partial charge in [0.05, 0.1) is 12.7 Å². The maximum absolute atomic E-state index is 12.6. The van der Waals surface area contributed by atoms with Gasteiger partial charge in [0.2, 0.25) is 5.91 Å². The van der Waals surface area contributed by atoms with E-state index in [0.717, 1.165) is 41.3 Å². The third-order valence-corrected chi connectivity index (χ3v) is 5.22. The summed E-state index contributed by atoms with van der Waals surface area (Å²) >= 11 is 0. The molecular formula is C20H22N6O2. The fourth-order valence-electron chi connectivity index (χ4n) is 3.79. The van der Waals surface area contributed by atoms with E-state index in [4.69, 9.17) is 5.73 Å². The van der Waals surface area contributed by atoms with Crippen LogP contribution in [0.2, 0.25) is 0 Å². The maximum atomic E-state index is 12.6. The van der Waals surface area contributed by atoms with E-state index in [9.17, 15) is 9.59 Å². The van der Waals surface area contributed by atoms with Gasteiger partial charge in [-0.3, -0.25) is 20.0 Å². The average Bonchev–Trinajstić information content (AvgIpc) is 3.28. The molecule has 3 N–H and O–H groups in total. The van der Waals surface area contributed by atoms with E-state index in [1.54, 1.807) is 25.5 Å². The molecule has 2 saturated heterocycles. The number of allylic oxidation sites excluding steroid dienone is 1. The van der Waals surface area contributed by atoms with Crippen molar-refractivity contribution in [3.63, 3.8) is 0 Å². The van der Waals surface area contributed by atoms with Gasteiger partial charge < -0.3 is 5.73 Å². The number of carbonyl (C=O) groups is 2. The Morgan fingerprint density at radius 2 is 2.21 bits per heavy atom. The molecule has 3 amide bonds. The van der Waals surface area contributed by atoms with Crippen LogP contribution >= 0.6 is 0 Å². The number of aliphatic imine (C=N–C) groups is 1. The summed E-state index contributed by atoms with van der Waals surface area (Å²) in [6.07, 6.45) is 6.71. The molecule has 2 aliphatic heterocycles. The van der Waals surface area contributed by atoms with Crippen molar-refractivity contribution < 1.29 is 9.59 Å². The Labute approximate surface area is 162 Å². The lowest BCUT2D eigenvalue weighted by Gasteiger charge is -2.16. The highest BCUT2D eigenvalue weighted by molar-refractivity contribution is 6.10. The number of hydrogen-bond acceptors (Lipinski definition) is 6. The average molecular weight is 378 g/mol. The first-order valence-corrected chi connectivity index (χ1v) is 9.21. The predicted molar refractivity (Wildman–Crippen MR) is 109 cm³/mol. The molecule has 1 atom stereocenters. The minimum atomic E-state index is -0.442. The lowest BCUT2D eigenvalue weighted by molar-refractivity contribution is -0.126. The fourth-order valence-corrected chi connectivity index (χ4v) is 3.79. The molecule has 1 unspecified atom stereocenters. The maximum Gasteiger partial charge on any atom is 0.330 e. The lowest BCUT2D eigenvalue weighted by atomic mass is 10.0. The topological polar surface area (TPSA) is 104 Å². The first kappa shape index (κ1) is 18.1. The van der Waals surface area contributed by atoms with Gasteiger partial charge in [0.15, 0.2) is 0 Å². The second kappa shape index (κ2) is 7.40. The zero-order valence-corrected chi connectivity index (χ0v) is 15.6. The molecule has 2 fully saturated rings. The Morgan fingerprint density at radius 3 is 2.96 bits per heavy atom. The van der Waals surface area contributed by atoms with Gasteiger partial charge in [-0.25, -0.2) is 14.7 Å². The molecule has 144 valence electrons. The van der Waals surface area contributed by atoms with Gasteiger partial charge in [-0.2, -0.15) is 0 Å². The molecule has 8 heteroatoms. The number of imide groups is 1. The van der Waals surface area contributed by atoms with Crippen LogP contribution in [0.5, 0.6) is 0 Å². The highest BCUT2D eigenvalue weighted by Gasteiger charge is 2.43. The quantitative estimate of drug-likeness (QED) is 0.796. The van der Waals surface area contributed by atoms with Crippen molar-refractivity contribution in [3.8, 4) is 0 Å². The van der Waals surface area contributed by atoms with Gasteiger partial charge in [0, 0.05) is 43.2 Å². The number of aromatic nitrogens is 1. The van der Waals surface area contributed by atoms with Crippen molar-refractivity contribution in [2.75, 3.05) is 25.6 Å². The number of benzene rings is 1. The SMILES string of the molecule is CN=CC(=CN)c1ccc2cnc(NC(=O)N3CN4CCCC4C3=O)cc2c1. The van der Waals surface area contributed by atoms with Crippen LogP contribution in [0.25, 0.3) is 16.3 Å². The van der Waals surface area contributed by atoms with E-state index in [2.05, 4.69) is 15.3 Å². The number of anilines is 1. The van der Waals surface area contributed by atoms with Crippen LogP contribution in [0.15, 0.2) is 41.7 Å². The molecule has 4 rings (SSSR count). The van der Waals surface area contributed by atoms with Crippen molar-refractivity contribution in [1.82, 2.24) is 14.8 Å². The number of nitrogens with zero attached hydrogens (tertiary/aromatic N) is 4. The smallest absolute Gasteiger partial charge is 0.330 e. The van der Waals surface area contributed by atoms with Crippen LogP contribution < -0.4 is 11.1 Å². The molecule has 0 saturated carbocycles. The Kier molecular flexibility index (Phi) is 4.79. The molecule has 0 aliphatic carbocycles. The molecule has 0 radical (unpaired) electrons. The predicted octanol–water partition coefficient (Wildman–Crippen LogP) is 2.03. The summed E-state index contributed by atoms with van der Waals surface area (Å²) in [6.45, 7) is 1.20. The van der Waals surface area contributed by atoms with Gasteiger partial charge in [-0.15, -0.1) is 0 Å². The zero-order valence-electron chi connectivity index (χ0n) is 15.6. The minimum Gasteiger partial charge on any atom is -0.404 e. The zero-order chi connectivity index (χ0) is 19.7. The normalized spacial score (nSPS) is 20.3. The lowest BCUT2D eigenvalue weighted by Crippen LogP contribution is -2.38. The van der Waals surface area contributed by atoms with Crippen LogP contribution in [0.1, 0.15) is 18.4 Å². The van der Waals surface area contributed by atoms with E-state index < -0.39 is 6.03 Å².